The third-order valence-corrected chi connectivity index (χ3v) is 5.16. The summed E-state index contributed by atoms with van der Waals surface area (Å²) >= 11 is 7.49. The molecule has 4 nitrogen and oxygen atoms in total. The lowest BCUT2D eigenvalue weighted by Gasteiger charge is -2.35. The van der Waals surface area contributed by atoms with E-state index in [1.165, 1.54) is 18.2 Å². The predicted molar refractivity (Wildman–Crippen MR) is 99.6 cm³/mol. The number of benzene rings is 1. The highest BCUT2D eigenvalue weighted by atomic mass is 35.5. The lowest BCUT2D eigenvalue weighted by Crippen LogP contribution is -2.38. The second-order valence-corrected chi connectivity index (χ2v) is 7.12. The molecule has 1 aliphatic rings. The molecule has 0 saturated carbocycles. The molecule has 2 heterocycles. The fraction of sp³-hybridized carbons (Fsp3) is 0.389. The zero-order chi connectivity index (χ0) is 17.1. The molecule has 1 saturated heterocycles. The highest BCUT2D eigenvalue weighted by Gasteiger charge is 2.25. The maximum absolute atomic E-state index is 9.81. The minimum Gasteiger partial charge on any atom is -0.353 e. The van der Waals surface area contributed by atoms with Crippen LogP contribution in [0.4, 0.5) is 5.82 Å². The summed E-state index contributed by atoms with van der Waals surface area (Å²) in [7, 11) is 0. The first-order valence-electron chi connectivity index (χ1n) is 8.02. The van der Waals surface area contributed by atoms with Gasteiger partial charge in [-0.25, -0.2) is 9.97 Å². The summed E-state index contributed by atoms with van der Waals surface area (Å²) in [6, 6.07) is 10.2. The van der Waals surface area contributed by atoms with Gasteiger partial charge in [-0.3, -0.25) is 0 Å². The molecule has 0 N–H and O–H groups in total. The summed E-state index contributed by atoms with van der Waals surface area (Å²) in [6.45, 7) is 3.13. The molecule has 0 spiro atoms. The predicted octanol–water partition coefficient (Wildman–Crippen LogP) is 4.77. The van der Waals surface area contributed by atoms with E-state index >= 15 is 0 Å². The third kappa shape index (κ3) is 3.35. The monoisotopic (exact) mass is 358 g/mol. The SMILES string of the molecule is CSc1nc(-c2ccc(Cl)cc2)c(C#N)c(N2CCCC[C@H]2C)n1. The van der Waals surface area contributed by atoms with Gasteiger partial charge in [0.05, 0.1) is 5.69 Å². The molecule has 0 aliphatic carbocycles. The molecule has 124 valence electrons. The molecule has 24 heavy (non-hydrogen) atoms. The number of anilines is 1. The number of hydrogen-bond acceptors (Lipinski definition) is 5. The Bertz CT molecular complexity index is 770. The van der Waals surface area contributed by atoms with Crippen LogP contribution in [0.5, 0.6) is 0 Å². The first-order chi connectivity index (χ1) is 11.6. The van der Waals surface area contributed by atoms with Gasteiger partial charge in [-0.05, 0) is 44.6 Å². The average Bonchev–Trinajstić information content (AvgIpc) is 2.61. The van der Waals surface area contributed by atoms with Gasteiger partial charge >= 0.3 is 0 Å². The molecule has 0 bridgehead atoms. The molecule has 1 fully saturated rings. The quantitative estimate of drug-likeness (QED) is 0.584. The normalized spacial score (nSPS) is 17.6. The first-order valence-corrected chi connectivity index (χ1v) is 9.63. The largest absolute Gasteiger partial charge is 0.353 e. The van der Waals surface area contributed by atoms with Crippen molar-refractivity contribution >= 4 is 29.2 Å². The minimum atomic E-state index is 0.383. The standard InChI is InChI=1S/C18H19ClN4S/c1-12-5-3-4-10-23(12)17-15(11-20)16(21-18(22-17)24-2)13-6-8-14(19)9-7-13/h6-9,12H,3-5,10H2,1-2H3/t12-/m1/s1. The molecular weight excluding hydrogens is 340 g/mol. The van der Waals surface area contributed by atoms with Crippen molar-refractivity contribution in [3.05, 3.63) is 34.9 Å². The van der Waals surface area contributed by atoms with Crippen molar-refractivity contribution in [2.45, 2.75) is 37.4 Å². The molecule has 1 atom stereocenters. The number of halogens is 1. The van der Waals surface area contributed by atoms with Gasteiger partial charge in [0.1, 0.15) is 11.6 Å². The van der Waals surface area contributed by atoms with E-state index in [2.05, 4.69) is 27.9 Å². The molecule has 0 amide bonds. The summed E-state index contributed by atoms with van der Waals surface area (Å²) in [5.41, 5.74) is 2.12. The van der Waals surface area contributed by atoms with E-state index in [1.54, 1.807) is 0 Å². The number of thioether (sulfide) groups is 1. The van der Waals surface area contributed by atoms with Crippen LogP contribution in [0.1, 0.15) is 31.7 Å². The number of nitriles is 1. The van der Waals surface area contributed by atoms with Crippen LogP contribution in [0, 0.1) is 11.3 Å². The number of rotatable bonds is 3. The van der Waals surface area contributed by atoms with E-state index in [4.69, 9.17) is 11.6 Å². The Balaban J connectivity index is 2.17. The van der Waals surface area contributed by atoms with Gasteiger partial charge in [-0.15, -0.1) is 0 Å². The molecule has 0 radical (unpaired) electrons. The molecular formula is C18H19ClN4S. The summed E-state index contributed by atoms with van der Waals surface area (Å²) in [6.07, 6.45) is 5.43. The fourth-order valence-electron chi connectivity index (χ4n) is 3.06. The second kappa shape index (κ2) is 7.42. The average molecular weight is 359 g/mol. The number of nitrogens with zero attached hydrogens (tertiary/aromatic N) is 4. The van der Waals surface area contributed by atoms with Crippen LogP contribution >= 0.6 is 23.4 Å². The van der Waals surface area contributed by atoms with Crippen LogP contribution in [0.25, 0.3) is 11.3 Å². The highest BCUT2D eigenvalue weighted by Crippen LogP contribution is 2.33. The van der Waals surface area contributed by atoms with Crippen LogP contribution < -0.4 is 4.90 Å². The zero-order valence-electron chi connectivity index (χ0n) is 13.8. The molecule has 3 rings (SSSR count). The summed E-state index contributed by atoms with van der Waals surface area (Å²) in [5.74, 6) is 0.758. The van der Waals surface area contributed by atoms with Crippen LogP contribution in [-0.4, -0.2) is 28.8 Å². The van der Waals surface area contributed by atoms with Crippen molar-refractivity contribution in [2.24, 2.45) is 0 Å². The molecule has 2 aromatic rings. The topological polar surface area (TPSA) is 52.8 Å². The van der Waals surface area contributed by atoms with Crippen LogP contribution in [0.2, 0.25) is 5.02 Å². The summed E-state index contributed by atoms with van der Waals surface area (Å²) in [5, 5.41) is 11.2. The molecule has 0 unspecified atom stereocenters. The van der Waals surface area contributed by atoms with Gasteiger partial charge in [0.2, 0.25) is 0 Å². The van der Waals surface area contributed by atoms with Crippen molar-refractivity contribution < 1.29 is 0 Å². The Morgan fingerprint density at radius 1 is 1.25 bits per heavy atom. The van der Waals surface area contributed by atoms with Gasteiger partial charge in [-0.2, -0.15) is 5.26 Å². The van der Waals surface area contributed by atoms with E-state index in [0.29, 0.717) is 27.5 Å². The van der Waals surface area contributed by atoms with E-state index in [9.17, 15) is 5.26 Å². The van der Waals surface area contributed by atoms with Gasteiger partial charge in [-0.1, -0.05) is 35.5 Å². The smallest absolute Gasteiger partial charge is 0.189 e. The second-order valence-electron chi connectivity index (χ2n) is 5.91. The number of hydrogen-bond donors (Lipinski definition) is 0. The lowest BCUT2D eigenvalue weighted by atomic mass is 10.0. The highest BCUT2D eigenvalue weighted by molar-refractivity contribution is 7.98. The van der Waals surface area contributed by atoms with Crippen LogP contribution in [0.3, 0.4) is 0 Å². The van der Waals surface area contributed by atoms with E-state index in [-0.39, 0.29) is 0 Å². The number of piperidine rings is 1. The Morgan fingerprint density at radius 2 is 2.00 bits per heavy atom. The minimum absolute atomic E-state index is 0.383. The van der Waals surface area contributed by atoms with Crippen molar-refractivity contribution in [3.63, 3.8) is 0 Å². The van der Waals surface area contributed by atoms with Crippen molar-refractivity contribution in [2.75, 3.05) is 17.7 Å². The fourth-order valence-corrected chi connectivity index (χ4v) is 3.55. The number of aromatic nitrogens is 2. The molecule has 6 heteroatoms. The maximum atomic E-state index is 9.81. The van der Waals surface area contributed by atoms with E-state index in [0.717, 1.165) is 30.8 Å². The van der Waals surface area contributed by atoms with Crippen molar-refractivity contribution in [3.8, 4) is 17.3 Å². The first kappa shape index (κ1) is 17.1. The van der Waals surface area contributed by atoms with Crippen molar-refractivity contribution in [1.29, 1.82) is 5.26 Å². The van der Waals surface area contributed by atoms with Crippen LogP contribution in [0.15, 0.2) is 29.4 Å². The Labute approximate surface area is 151 Å². The molecule has 1 aliphatic heterocycles. The molecule has 1 aromatic heterocycles. The Kier molecular flexibility index (Phi) is 5.27. The van der Waals surface area contributed by atoms with Crippen LogP contribution in [-0.2, 0) is 0 Å². The van der Waals surface area contributed by atoms with Gasteiger partial charge in [0, 0.05) is 23.2 Å². The van der Waals surface area contributed by atoms with Gasteiger partial charge < -0.3 is 4.90 Å². The van der Waals surface area contributed by atoms with Gasteiger partial charge in [0.25, 0.3) is 0 Å². The maximum Gasteiger partial charge on any atom is 0.189 e. The molecule has 1 aromatic carbocycles. The van der Waals surface area contributed by atoms with Gasteiger partial charge in [0.15, 0.2) is 11.0 Å². The van der Waals surface area contributed by atoms with Crippen molar-refractivity contribution in [1.82, 2.24) is 9.97 Å². The van der Waals surface area contributed by atoms with E-state index in [1.807, 2.05) is 30.5 Å². The lowest BCUT2D eigenvalue weighted by molar-refractivity contribution is 0.479. The third-order valence-electron chi connectivity index (χ3n) is 4.36. The zero-order valence-corrected chi connectivity index (χ0v) is 15.4. The van der Waals surface area contributed by atoms with E-state index < -0.39 is 0 Å². The Hall–Kier alpha value is -1.77. The Morgan fingerprint density at radius 3 is 2.62 bits per heavy atom. The summed E-state index contributed by atoms with van der Waals surface area (Å²) in [4.78, 5) is 11.5. The summed E-state index contributed by atoms with van der Waals surface area (Å²) < 4.78 is 0.